The number of rotatable bonds is 6. The van der Waals surface area contributed by atoms with Gasteiger partial charge in [0.05, 0.1) is 6.54 Å². The molecular formula is C23H24N2O. The molecule has 1 amide bonds. The fourth-order valence-corrected chi connectivity index (χ4v) is 3.03. The van der Waals surface area contributed by atoms with E-state index in [-0.39, 0.29) is 5.91 Å². The number of para-hydroxylation sites is 1. The zero-order chi connectivity index (χ0) is 18.4. The molecule has 0 saturated heterocycles. The fourth-order valence-electron chi connectivity index (χ4n) is 3.03. The number of carbonyl (C=O) groups excluding carboxylic acids is 1. The molecule has 0 spiro atoms. The first kappa shape index (κ1) is 17.9. The molecule has 3 rings (SSSR count). The molecule has 0 fully saturated rings. The van der Waals surface area contributed by atoms with E-state index in [9.17, 15) is 4.79 Å². The van der Waals surface area contributed by atoms with Gasteiger partial charge in [-0.3, -0.25) is 9.69 Å². The predicted octanol–water partition coefficient (Wildman–Crippen LogP) is 4.73. The highest BCUT2D eigenvalue weighted by Crippen LogP contribution is 2.27. The Morgan fingerprint density at radius 2 is 1.54 bits per heavy atom. The van der Waals surface area contributed by atoms with Crippen LogP contribution in [-0.4, -0.2) is 24.4 Å². The monoisotopic (exact) mass is 344 g/mol. The van der Waals surface area contributed by atoms with E-state index in [0.717, 1.165) is 23.4 Å². The van der Waals surface area contributed by atoms with Crippen molar-refractivity contribution in [3.05, 3.63) is 90.0 Å². The zero-order valence-electron chi connectivity index (χ0n) is 15.3. The third kappa shape index (κ3) is 4.58. The maximum absolute atomic E-state index is 12.5. The maximum Gasteiger partial charge on any atom is 0.238 e. The molecule has 0 aliphatic carbocycles. The number of anilines is 1. The molecule has 0 saturated carbocycles. The molecule has 0 aromatic heterocycles. The average molecular weight is 344 g/mol. The zero-order valence-corrected chi connectivity index (χ0v) is 15.3. The molecule has 0 aliphatic rings. The number of hydrogen-bond donors (Lipinski definition) is 1. The number of nitrogens with zero attached hydrogens (tertiary/aromatic N) is 1. The lowest BCUT2D eigenvalue weighted by atomic mass is 10.0. The first-order valence-electron chi connectivity index (χ1n) is 8.81. The lowest BCUT2D eigenvalue weighted by Crippen LogP contribution is -2.30. The van der Waals surface area contributed by atoms with Gasteiger partial charge in [0.1, 0.15) is 0 Å². The average Bonchev–Trinajstić information content (AvgIpc) is 2.64. The highest BCUT2D eigenvalue weighted by Gasteiger charge is 2.11. The van der Waals surface area contributed by atoms with Gasteiger partial charge in [0.15, 0.2) is 0 Å². The van der Waals surface area contributed by atoms with Crippen LogP contribution < -0.4 is 5.32 Å². The summed E-state index contributed by atoms with van der Waals surface area (Å²) in [6.45, 7) is 3.19. The summed E-state index contributed by atoms with van der Waals surface area (Å²) >= 11 is 0. The number of amides is 1. The van der Waals surface area contributed by atoms with Crippen molar-refractivity contribution in [1.29, 1.82) is 0 Å². The van der Waals surface area contributed by atoms with E-state index < -0.39 is 0 Å². The van der Waals surface area contributed by atoms with Crippen molar-refractivity contribution in [2.24, 2.45) is 0 Å². The van der Waals surface area contributed by atoms with Crippen LogP contribution in [-0.2, 0) is 11.3 Å². The number of likely N-dealkylation sites (N-methyl/N-ethyl adjacent to an activating group) is 1. The summed E-state index contributed by atoms with van der Waals surface area (Å²) in [5.74, 6) is -0.00975. The number of nitrogens with one attached hydrogen (secondary N) is 1. The van der Waals surface area contributed by atoms with Gasteiger partial charge in [0.25, 0.3) is 0 Å². The molecule has 0 radical (unpaired) electrons. The van der Waals surface area contributed by atoms with Gasteiger partial charge in [-0.15, -0.1) is 0 Å². The smallest absolute Gasteiger partial charge is 0.238 e. The fraction of sp³-hybridized carbons (Fsp3) is 0.174. The Balaban J connectivity index is 1.66. The molecule has 26 heavy (non-hydrogen) atoms. The van der Waals surface area contributed by atoms with Crippen molar-refractivity contribution in [3.63, 3.8) is 0 Å². The Morgan fingerprint density at radius 3 is 2.31 bits per heavy atom. The van der Waals surface area contributed by atoms with E-state index in [0.29, 0.717) is 6.54 Å². The van der Waals surface area contributed by atoms with E-state index in [4.69, 9.17) is 0 Å². The summed E-state index contributed by atoms with van der Waals surface area (Å²) < 4.78 is 0. The van der Waals surface area contributed by atoms with Gasteiger partial charge in [-0.2, -0.15) is 0 Å². The molecular weight excluding hydrogens is 320 g/mol. The van der Waals surface area contributed by atoms with Crippen LogP contribution in [0, 0.1) is 6.92 Å². The Labute approximate surface area is 155 Å². The number of aryl methyl sites for hydroxylation is 1. The van der Waals surface area contributed by atoms with Crippen LogP contribution in [0.5, 0.6) is 0 Å². The lowest BCUT2D eigenvalue weighted by molar-refractivity contribution is -0.117. The van der Waals surface area contributed by atoms with Crippen LogP contribution in [0.1, 0.15) is 11.1 Å². The van der Waals surface area contributed by atoms with Crippen LogP contribution >= 0.6 is 0 Å². The van der Waals surface area contributed by atoms with E-state index >= 15 is 0 Å². The minimum Gasteiger partial charge on any atom is -0.324 e. The van der Waals surface area contributed by atoms with Gasteiger partial charge in [0.2, 0.25) is 5.91 Å². The standard InChI is InChI=1S/C23H24N2O/c1-18-10-6-7-13-20(18)16-25(2)17-23(26)24-22-15-9-8-14-21(22)19-11-4-3-5-12-19/h3-15H,16-17H2,1-2H3,(H,24,26). The second kappa shape index (κ2) is 8.45. The van der Waals surface area contributed by atoms with Gasteiger partial charge in [-0.05, 0) is 36.7 Å². The molecule has 1 N–H and O–H groups in total. The van der Waals surface area contributed by atoms with Crippen LogP contribution in [0.25, 0.3) is 11.1 Å². The van der Waals surface area contributed by atoms with Gasteiger partial charge in [-0.1, -0.05) is 72.8 Å². The summed E-state index contributed by atoms with van der Waals surface area (Å²) in [6.07, 6.45) is 0. The Morgan fingerprint density at radius 1 is 0.885 bits per heavy atom. The first-order chi connectivity index (χ1) is 12.6. The van der Waals surface area contributed by atoms with Crippen molar-refractivity contribution in [3.8, 4) is 11.1 Å². The van der Waals surface area contributed by atoms with Gasteiger partial charge in [0, 0.05) is 17.8 Å². The summed E-state index contributed by atoms with van der Waals surface area (Å²) in [4.78, 5) is 14.6. The van der Waals surface area contributed by atoms with E-state index in [1.165, 1.54) is 11.1 Å². The summed E-state index contributed by atoms with van der Waals surface area (Å²) in [7, 11) is 1.97. The van der Waals surface area contributed by atoms with Crippen molar-refractivity contribution >= 4 is 11.6 Å². The summed E-state index contributed by atoms with van der Waals surface area (Å²) in [5, 5.41) is 3.06. The topological polar surface area (TPSA) is 32.3 Å². The lowest BCUT2D eigenvalue weighted by Gasteiger charge is -2.18. The molecule has 132 valence electrons. The normalized spacial score (nSPS) is 10.7. The first-order valence-corrected chi connectivity index (χ1v) is 8.81. The van der Waals surface area contributed by atoms with E-state index in [1.807, 2.05) is 66.5 Å². The number of benzene rings is 3. The van der Waals surface area contributed by atoms with Crippen molar-refractivity contribution in [2.75, 3.05) is 18.9 Å². The third-order valence-electron chi connectivity index (χ3n) is 4.40. The predicted molar refractivity (Wildman–Crippen MR) is 108 cm³/mol. The highest BCUT2D eigenvalue weighted by atomic mass is 16.2. The molecule has 0 heterocycles. The molecule has 0 atom stereocenters. The Bertz CT molecular complexity index is 874. The van der Waals surface area contributed by atoms with Gasteiger partial charge < -0.3 is 5.32 Å². The number of carbonyl (C=O) groups is 1. The second-order valence-corrected chi connectivity index (χ2v) is 6.56. The van der Waals surface area contributed by atoms with Crippen LogP contribution in [0.3, 0.4) is 0 Å². The van der Waals surface area contributed by atoms with Crippen molar-refractivity contribution in [2.45, 2.75) is 13.5 Å². The largest absolute Gasteiger partial charge is 0.324 e. The molecule has 3 heteroatoms. The highest BCUT2D eigenvalue weighted by molar-refractivity contribution is 5.96. The SMILES string of the molecule is Cc1ccccc1CN(C)CC(=O)Nc1ccccc1-c1ccccc1. The van der Waals surface area contributed by atoms with Crippen LogP contribution in [0.2, 0.25) is 0 Å². The quantitative estimate of drug-likeness (QED) is 0.701. The molecule has 0 aliphatic heterocycles. The molecule has 3 aromatic rings. The Hall–Kier alpha value is -2.91. The van der Waals surface area contributed by atoms with Crippen molar-refractivity contribution in [1.82, 2.24) is 4.90 Å². The van der Waals surface area contributed by atoms with Crippen LogP contribution in [0.4, 0.5) is 5.69 Å². The van der Waals surface area contributed by atoms with E-state index in [2.05, 4.69) is 36.5 Å². The Kier molecular flexibility index (Phi) is 5.82. The van der Waals surface area contributed by atoms with Crippen LogP contribution in [0.15, 0.2) is 78.9 Å². The minimum atomic E-state index is -0.00975. The van der Waals surface area contributed by atoms with Gasteiger partial charge in [-0.25, -0.2) is 0 Å². The second-order valence-electron chi connectivity index (χ2n) is 6.56. The molecule has 0 bridgehead atoms. The van der Waals surface area contributed by atoms with Gasteiger partial charge >= 0.3 is 0 Å². The third-order valence-corrected chi connectivity index (χ3v) is 4.40. The molecule has 0 unspecified atom stereocenters. The summed E-state index contributed by atoms with van der Waals surface area (Å²) in [6, 6.07) is 26.3. The number of hydrogen-bond acceptors (Lipinski definition) is 2. The molecule has 3 aromatic carbocycles. The van der Waals surface area contributed by atoms with E-state index in [1.54, 1.807) is 0 Å². The summed E-state index contributed by atoms with van der Waals surface area (Å²) in [5.41, 5.74) is 5.45. The maximum atomic E-state index is 12.5. The van der Waals surface area contributed by atoms with Crippen molar-refractivity contribution < 1.29 is 4.79 Å². The minimum absolute atomic E-state index is 0.00975. The molecule has 3 nitrogen and oxygen atoms in total.